The van der Waals surface area contributed by atoms with Crippen LogP contribution in [-0.2, 0) is 4.74 Å². The second-order valence-corrected chi connectivity index (χ2v) is 3.84. The van der Waals surface area contributed by atoms with Gasteiger partial charge in [-0.1, -0.05) is 13.3 Å². The quantitative estimate of drug-likeness (QED) is 0.606. The highest BCUT2D eigenvalue weighted by Gasteiger charge is 2.13. The van der Waals surface area contributed by atoms with Crippen molar-refractivity contribution in [2.75, 3.05) is 7.11 Å². The first-order chi connectivity index (χ1) is 8.71. The zero-order chi connectivity index (χ0) is 13.4. The number of carbonyl (C=O) groups excluding carboxylic acids is 1. The van der Waals surface area contributed by atoms with Crippen molar-refractivity contribution in [3.05, 3.63) is 29.8 Å². The predicted molar refractivity (Wildman–Crippen MR) is 70.7 cm³/mol. The largest absolute Gasteiger partial charge is 0.497 e. The van der Waals surface area contributed by atoms with E-state index in [0.717, 1.165) is 6.42 Å². The van der Waals surface area contributed by atoms with Gasteiger partial charge in [0.15, 0.2) is 6.10 Å². The number of esters is 1. The van der Waals surface area contributed by atoms with Gasteiger partial charge in [-0.3, -0.25) is 0 Å². The third-order valence-corrected chi connectivity index (χ3v) is 2.45. The second-order valence-electron chi connectivity index (χ2n) is 3.65. The maximum absolute atomic E-state index is 11.8. The molecule has 0 spiro atoms. The molecule has 1 rings (SSSR count). The summed E-state index contributed by atoms with van der Waals surface area (Å²) < 4.78 is 10.3. The monoisotopic (exact) mass is 266 g/mol. The van der Waals surface area contributed by atoms with Crippen molar-refractivity contribution in [2.24, 2.45) is 0 Å². The molecule has 0 heterocycles. The van der Waals surface area contributed by atoms with E-state index < -0.39 is 12.1 Å². The van der Waals surface area contributed by atoms with Crippen LogP contribution in [0.25, 0.3) is 0 Å². The molecular weight excluding hydrogens is 252 g/mol. The number of methoxy groups -OCH3 is 1. The Morgan fingerprint density at radius 1 is 1.39 bits per heavy atom. The normalized spacial score (nSPS) is 11.1. The van der Waals surface area contributed by atoms with Crippen LogP contribution >= 0.6 is 11.6 Å². The minimum absolute atomic E-state index is 0.407. The van der Waals surface area contributed by atoms with Crippen molar-refractivity contribution in [3.63, 3.8) is 0 Å². The van der Waals surface area contributed by atoms with E-state index in [4.69, 9.17) is 21.1 Å². The van der Waals surface area contributed by atoms with Gasteiger partial charge in [-0.15, -0.1) is 0 Å². The fourth-order valence-electron chi connectivity index (χ4n) is 1.41. The molecule has 4 heteroatoms. The molecular formula is C14H15ClO3. The Morgan fingerprint density at radius 2 is 2.06 bits per heavy atom. The number of ether oxygens (including phenoxy) is 2. The number of hydrogen-bond donors (Lipinski definition) is 0. The highest BCUT2D eigenvalue weighted by molar-refractivity contribution is 6.30. The number of benzene rings is 1. The zero-order valence-electron chi connectivity index (χ0n) is 10.4. The van der Waals surface area contributed by atoms with Crippen molar-refractivity contribution < 1.29 is 14.3 Å². The maximum Gasteiger partial charge on any atom is 0.339 e. The van der Waals surface area contributed by atoms with Crippen molar-refractivity contribution in [1.82, 2.24) is 0 Å². The van der Waals surface area contributed by atoms with Crippen LogP contribution in [-0.4, -0.2) is 19.2 Å². The van der Waals surface area contributed by atoms with Gasteiger partial charge in [-0.25, -0.2) is 4.79 Å². The zero-order valence-corrected chi connectivity index (χ0v) is 11.2. The fourth-order valence-corrected chi connectivity index (χ4v) is 1.53. The summed E-state index contributed by atoms with van der Waals surface area (Å²) in [6.45, 7) is 1.99. The molecule has 18 heavy (non-hydrogen) atoms. The highest BCUT2D eigenvalue weighted by Crippen LogP contribution is 2.13. The molecule has 0 saturated carbocycles. The Balaban J connectivity index is 2.69. The minimum atomic E-state index is -0.456. The molecule has 96 valence electrons. The molecule has 0 N–H and O–H groups in total. The smallest absolute Gasteiger partial charge is 0.339 e. The topological polar surface area (TPSA) is 35.5 Å². The summed E-state index contributed by atoms with van der Waals surface area (Å²) in [5.74, 6) is 2.94. The number of hydrogen-bond acceptors (Lipinski definition) is 3. The van der Waals surface area contributed by atoms with Crippen molar-refractivity contribution >= 4 is 17.6 Å². The van der Waals surface area contributed by atoms with Crippen LogP contribution in [0.2, 0.25) is 0 Å². The van der Waals surface area contributed by atoms with Crippen LogP contribution in [0.4, 0.5) is 0 Å². The Hall–Kier alpha value is -1.66. The number of rotatable bonds is 5. The van der Waals surface area contributed by atoms with Gasteiger partial charge in [0.25, 0.3) is 0 Å². The highest BCUT2D eigenvalue weighted by atomic mass is 35.5. The average Bonchev–Trinajstić information content (AvgIpc) is 2.39. The Labute approximate surface area is 112 Å². The minimum Gasteiger partial charge on any atom is -0.497 e. The van der Waals surface area contributed by atoms with Gasteiger partial charge in [0.2, 0.25) is 0 Å². The Morgan fingerprint density at radius 3 is 2.56 bits per heavy atom. The Kier molecular flexibility index (Phi) is 6.10. The van der Waals surface area contributed by atoms with E-state index in [9.17, 15) is 4.79 Å². The SMILES string of the molecule is CCCC(C#CCl)OC(=O)c1ccc(OC)cc1. The van der Waals surface area contributed by atoms with Crippen LogP contribution in [0.15, 0.2) is 24.3 Å². The van der Waals surface area contributed by atoms with Gasteiger partial charge >= 0.3 is 5.97 Å². The van der Waals surface area contributed by atoms with Gasteiger partial charge in [0, 0.05) is 5.38 Å². The molecule has 0 fully saturated rings. The summed E-state index contributed by atoms with van der Waals surface area (Å²) in [5, 5.41) is 2.25. The number of carbonyl (C=O) groups is 1. The van der Waals surface area contributed by atoms with Crippen LogP contribution in [0.3, 0.4) is 0 Å². The summed E-state index contributed by atoms with van der Waals surface area (Å²) in [4.78, 5) is 11.8. The Bertz CT molecular complexity index is 442. The van der Waals surface area contributed by atoms with E-state index in [1.165, 1.54) is 0 Å². The molecule has 0 saturated heterocycles. The first-order valence-electron chi connectivity index (χ1n) is 5.67. The summed E-state index contributed by atoms with van der Waals surface area (Å²) in [6, 6.07) is 6.72. The molecule has 1 aromatic carbocycles. The van der Waals surface area contributed by atoms with Crippen molar-refractivity contribution in [2.45, 2.75) is 25.9 Å². The summed E-state index contributed by atoms with van der Waals surface area (Å²) in [5.41, 5.74) is 0.466. The molecule has 0 radical (unpaired) electrons. The average molecular weight is 267 g/mol. The molecule has 3 nitrogen and oxygen atoms in total. The van der Waals surface area contributed by atoms with Gasteiger partial charge in [0.05, 0.1) is 12.7 Å². The van der Waals surface area contributed by atoms with E-state index in [0.29, 0.717) is 17.7 Å². The fraction of sp³-hybridized carbons (Fsp3) is 0.357. The first kappa shape index (κ1) is 14.4. The maximum atomic E-state index is 11.8. The summed E-state index contributed by atoms with van der Waals surface area (Å²) in [6.07, 6.45) is 1.08. The molecule has 0 aliphatic carbocycles. The van der Waals surface area contributed by atoms with Gasteiger partial charge in [-0.2, -0.15) is 0 Å². The van der Waals surface area contributed by atoms with Crippen LogP contribution in [0.1, 0.15) is 30.1 Å². The van der Waals surface area contributed by atoms with Gasteiger partial charge < -0.3 is 9.47 Å². The molecule has 0 aromatic heterocycles. The van der Waals surface area contributed by atoms with E-state index in [1.54, 1.807) is 31.4 Å². The van der Waals surface area contributed by atoms with Crippen molar-refractivity contribution in [3.8, 4) is 17.0 Å². The summed E-state index contributed by atoms with van der Waals surface area (Å²) in [7, 11) is 1.57. The third kappa shape index (κ3) is 4.31. The predicted octanol–water partition coefficient (Wildman–Crippen LogP) is 3.22. The number of halogens is 1. The molecule has 0 aliphatic heterocycles. The lowest BCUT2D eigenvalue weighted by molar-refractivity contribution is 0.0396. The standard InChI is InChI=1S/C14H15ClO3/c1-3-4-13(9-10-15)18-14(16)11-5-7-12(17-2)8-6-11/h5-8,13H,3-4H2,1-2H3. The van der Waals surface area contributed by atoms with Crippen molar-refractivity contribution in [1.29, 1.82) is 0 Å². The van der Waals surface area contributed by atoms with E-state index in [2.05, 4.69) is 11.3 Å². The molecule has 1 unspecified atom stereocenters. The van der Waals surface area contributed by atoms with E-state index >= 15 is 0 Å². The lowest BCUT2D eigenvalue weighted by Crippen LogP contribution is -2.16. The molecule has 0 bridgehead atoms. The molecule has 0 aliphatic rings. The van der Waals surface area contributed by atoms with E-state index in [-0.39, 0.29) is 0 Å². The first-order valence-corrected chi connectivity index (χ1v) is 6.05. The summed E-state index contributed by atoms with van der Waals surface area (Å²) >= 11 is 5.33. The van der Waals surface area contributed by atoms with Crippen LogP contribution in [0.5, 0.6) is 5.75 Å². The lowest BCUT2D eigenvalue weighted by Gasteiger charge is -2.11. The van der Waals surface area contributed by atoms with Crippen LogP contribution in [0, 0.1) is 11.3 Å². The van der Waals surface area contributed by atoms with Gasteiger partial charge in [-0.05, 0) is 48.2 Å². The molecule has 1 aromatic rings. The molecule has 1 atom stereocenters. The van der Waals surface area contributed by atoms with Crippen LogP contribution < -0.4 is 4.74 Å². The van der Waals surface area contributed by atoms with E-state index in [1.807, 2.05) is 6.92 Å². The molecule has 0 amide bonds. The lowest BCUT2D eigenvalue weighted by atomic mass is 10.2. The van der Waals surface area contributed by atoms with Gasteiger partial charge in [0.1, 0.15) is 5.75 Å². The third-order valence-electron chi connectivity index (χ3n) is 2.34. The second kappa shape index (κ2) is 7.62.